The van der Waals surface area contributed by atoms with Gasteiger partial charge in [-0.15, -0.1) is 39.5 Å². The summed E-state index contributed by atoms with van der Waals surface area (Å²) in [5.41, 5.74) is -1.36. The molecule has 0 radical (unpaired) electrons. The van der Waals surface area contributed by atoms with Crippen molar-refractivity contribution in [3.63, 3.8) is 0 Å². The number of hydrogen-bond acceptors (Lipinski definition) is 4. The molecule has 11 rings (SSSR count). The Morgan fingerprint density at radius 1 is 0.347 bits per heavy atom. The van der Waals surface area contributed by atoms with Crippen LogP contribution in [0.1, 0.15) is 27.8 Å². The fourth-order valence-electron chi connectivity index (χ4n) is 10.6. The van der Waals surface area contributed by atoms with Crippen LogP contribution in [-0.4, -0.2) is 19.1 Å². The molecular weight excluding hydrogens is 999 g/mol. The summed E-state index contributed by atoms with van der Waals surface area (Å²) < 4.78 is 190. The first-order valence-corrected chi connectivity index (χ1v) is 22.8. The van der Waals surface area contributed by atoms with E-state index in [-0.39, 0.29) is 55.8 Å². The summed E-state index contributed by atoms with van der Waals surface area (Å²) in [6, 6.07) is 50.3. The summed E-state index contributed by atoms with van der Waals surface area (Å²) in [5.74, 6) is -3.12. The molecule has 2 aliphatic rings. The van der Waals surface area contributed by atoms with Gasteiger partial charge in [-0.05, 0) is 115 Å². The maximum Gasteiger partial charge on any atom is 0.573 e. The van der Waals surface area contributed by atoms with E-state index in [2.05, 4.69) is 14.2 Å². The fourth-order valence-corrected chi connectivity index (χ4v) is 10.6. The smallest absolute Gasteiger partial charge is 0.406 e. The monoisotopic (exact) mass is 1030 g/mol. The van der Waals surface area contributed by atoms with Gasteiger partial charge in [0.15, 0.2) is 0 Å². The van der Waals surface area contributed by atoms with E-state index in [0.717, 1.165) is 34.9 Å². The average molecular weight is 1030 g/mol. The number of benzene rings is 9. The van der Waals surface area contributed by atoms with Crippen LogP contribution in [0.5, 0.6) is 17.2 Å². The van der Waals surface area contributed by atoms with Crippen LogP contribution in [-0.2, 0) is 11.6 Å². The summed E-state index contributed by atoms with van der Waals surface area (Å²) in [4.78, 5) is 1.44. The zero-order chi connectivity index (χ0) is 52.7. The van der Waals surface area contributed by atoms with Gasteiger partial charge in [0.25, 0.3) is 0 Å². The molecule has 0 fully saturated rings. The Morgan fingerprint density at radius 2 is 0.867 bits per heavy atom. The number of hydrogen-bond donors (Lipinski definition) is 0. The Hall–Kier alpha value is -8.66. The quantitative estimate of drug-likeness (QED) is 0.135. The third-order valence-electron chi connectivity index (χ3n) is 13.2. The molecule has 1 unspecified atom stereocenters. The number of nitrogens with zero attached hydrogens (tertiary/aromatic N) is 1. The second kappa shape index (κ2) is 17.8. The molecule has 9 aromatic rings. The van der Waals surface area contributed by atoms with E-state index in [1.165, 1.54) is 71.6 Å². The van der Waals surface area contributed by atoms with E-state index in [9.17, 15) is 39.5 Å². The van der Waals surface area contributed by atoms with Crippen LogP contribution in [0.15, 0.2) is 200 Å². The van der Waals surface area contributed by atoms with Gasteiger partial charge in [0, 0.05) is 28.6 Å². The summed E-state index contributed by atoms with van der Waals surface area (Å²) in [7, 11) is 0. The van der Waals surface area contributed by atoms with Crippen LogP contribution in [0.4, 0.5) is 69.7 Å². The Bertz CT molecular complexity index is 3650. The lowest BCUT2D eigenvalue weighted by molar-refractivity contribution is -0.277. The van der Waals surface area contributed by atoms with E-state index in [4.69, 9.17) is 0 Å². The van der Waals surface area contributed by atoms with Gasteiger partial charge >= 0.3 is 25.3 Å². The lowest BCUT2D eigenvalue weighted by Crippen LogP contribution is -2.27. The Labute approximate surface area is 419 Å². The van der Waals surface area contributed by atoms with Gasteiger partial charge in [-0.3, -0.25) is 0 Å². The van der Waals surface area contributed by atoms with Crippen LogP contribution in [0, 0.1) is 0 Å². The summed E-state index contributed by atoms with van der Waals surface area (Å²) in [5, 5.41) is 0. The minimum Gasteiger partial charge on any atom is -0.406 e. The van der Waals surface area contributed by atoms with Crippen molar-refractivity contribution >= 4 is 17.1 Å². The van der Waals surface area contributed by atoms with Gasteiger partial charge in [0.05, 0.1) is 16.7 Å². The van der Waals surface area contributed by atoms with Gasteiger partial charge in [0.2, 0.25) is 0 Å². The Morgan fingerprint density at radius 3 is 1.53 bits per heavy atom. The van der Waals surface area contributed by atoms with Crippen molar-refractivity contribution in [2.75, 3.05) is 4.90 Å². The van der Waals surface area contributed by atoms with E-state index in [0.29, 0.717) is 23.0 Å². The Kier molecular flexibility index (Phi) is 11.5. The van der Waals surface area contributed by atoms with Crippen molar-refractivity contribution in [1.82, 2.24) is 0 Å². The number of alkyl halides is 12. The molecule has 376 valence electrons. The topological polar surface area (TPSA) is 30.9 Å². The van der Waals surface area contributed by atoms with Crippen LogP contribution >= 0.6 is 0 Å². The van der Waals surface area contributed by atoms with Gasteiger partial charge in [-0.2, -0.15) is 13.2 Å². The summed E-state index contributed by atoms with van der Waals surface area (Å²) >= 11 is 0. The van der Waals surface area contributed by atoms with Crippen molar-refractivity contribution in [2.45, 2.75) is 30.7 Å². The third-order valence-corrected chi connectivity index (χ3v) is 13.2. The minimum atomic E-state index is -5.49. The van der Waals surface area contributed by atoms with Crippen molar-refractivity contribution in [3.8, 4) is 72.9 Å². The van der Waals surface area contributed by atoms with E-state index in [1.807, 2.05) is 66.7 Å². The van der Waals surface area contributed by atoms with Crippen LogP contribution in [0.25, 0.3) is 55.6 Å². The Balaban J connectivity index is 1.19. The predicted octanol–water partition coefficient (Wildman–Crippen LogP) is 18.2. The minimum absolute atomic E-state index is 0.0287. The standard InChI is InChI=1S/C59H33F12NO3/c60-56(61,62)47-31-38(26-29-49(47)72(39-27-24-36(25-28-39)34-12-3-1-4-13-34)40-17-9-16-37(30-40)35-14-5-2-6-15-35)42-19-10-20-44-53-46(22-11-23-50(53)74-58(66,67)68)55(54(42)44)45-21-8-7-18-43(45)52-48(55)32-41(73-57(63,64)65)33-51(52)75-59(69,70)71/h1-33H. The third kappa shape index (κ3) is 8.83. The van der Waals surface area contributed by atoms with E-state index < -0.39 is 59.1 Å². The zero-order valence-corrected chi connectivity index (χ0v) is 38.3. The first-order chi connectivity index (χ1) is 35.7. The predicted molar refractivity (Wildman–Crippen MR) is 259 cm³/mol. The highest BCUT2D eigenvalue weighted by molar-refractivity contribution is 6.02. The molecule has 0 aliphatic heterocycles. The second-order valence-corrected chi connectivity index (χ2v) is 17.6. The van der Waals surface area contributed by atoms with Crippen molar-refractivity contribution in [1.29, 1.82) is 0 Å². The number of fused-ring (bicyclic) bond motifs is 10. The van der Waals surface area contributed by atoms with E-state index in [1.54, 1.807) is 42.5 Å². The molecule has 0 saturated carbocycles. The van der Waals surface area contributed by atoms with Crippen LogP contribution < -0.4 is 19.1 Å². The zero-order valence-electron chi connectivity index (χ0n) is 38.3. The van der Waals surface area contributed by atoms with Gasteiger partial charge in [0.1, 0.15) is 17.2 Å². The molecule has 2 aliphatic carbocycles. The molecule has 4 nitrogen and oxygen atoms in total. The molecule has 1 atom stereocenters. The first kappa shape index (κ1) is 48.6. The number of halogens is 12. The van der Waals surface area contributed by atoms with Gasteiger partial charge < -0.3 is 19.1 Å². The van der Waals surface area contributed by atoms with Crippen molar-refractivity contribution < 1.29 is 66.9 Å². The highest BCUT2D eigenvalue weighted by atomic mass is 19.4. The summed E-state index contributed by atoms with van der Waals surface area (Å²) in [6.45, 7) is 0. The van der Waals surface area contributed by atoms with Crippen molar-refractivity contribution in [3.05, 3.63) is 228 Å². The fraction of sp³-hybridized carbons (Fsp3) is 0.0847. The van der Waals surface area contributed by atoms with Crippen molar-refractivity contribution in [2.24, 2.45) is 0 Å². The lowest BCUT2D eigenvalue weighted by Gasteiger charge is -2.33. The van der Waals surface area contributed by atoms with E-state index >= 15 is 13.2 Å². The number of anilines is 3. The number of rotatable bonds is 9. The molecular formula is C59H33F12NO3. The highest BCUT2D eigenvalue weighted by Crippen LogP contribution is 2.68. The van der Waals surface area contributed by atoms with Gasteiger partial charge in [-0.25, -0.2) is 0 Å². The molecule has 1 spiro atoms. The molecule has 0 heterocycles. The largest absolute Gasteiger partial charge is 0.573 e. The molecule has 9 aromatic carbocycles. The molecule has 75 heavy (non-hydrogen) atoms. The van der Waals surface area contributed by atoms with Crippen LogP contribution in [0.3, 0.4) is 0 Å². The average Bonchev–Trinajstić information content (AvgIpc) is 3.84. The molecule has 16 heteroatoms. The normalized spacial score (nSPS) is 14.7. The highest BCUT2D eigenvalue weighted by Gasteiger charge is 2.56. The molecule has 0 bridgehead atoms. The van der Waals surface area contributed by atoms with Crippen LogP contribution in [0.2, 0.25) is 0 Å². The lowest BCUT2D eigenvalue weighted by atomic mass is 9.68. The van der Waals surface area contributed by atoms with Gasteiger partial charge in [-0.1, -0.05) is 146 Å². The SMILES string of the molecule is FC(F)(F)Oc1cc(OC(F)(F)F)c2c(c1)C1(c3ccccc3-2)c2cccc(OC(F)(F)F)c2-c2cccc(-c3ccc(N(c4ccc(-c5ccccc5)cc4)c4cccc(-c5ccccc5)c4)c(C(F)(F)F)c3)c21. The first-order valence-electron chi connectivity index (χ1n) is 22.8. The summed E-state index contributed by atoms with van der Waals surface area (Å²) in [6.07, 6.45) is -21.4. The molecule has 0 amide bonds. The maximum atomic E-state index is 16.2. The maximum absolute atomic E-state index is 16.2. The number of ether oxygens (including phenoxy) is 3. The molecule has 0 N–H and O–H groups in total. The molecule has 0 aromatic heterocycles. The molecule has 0 saturated heterocycles. The second-order valence-electron chi connectivity index (χ2n) is 17.6.